The molecule has 0 atom stereocenters. The molecule has 0 fully saturated rings. The lowest BCUT2D eigenvalue weighted by atomic mass is 10.0. The van der Waals surface area contributed by atoms with Gasteiger partial charge >= 0.3 is 5.97 Å². The standard InChI is InChI=1S/C23H23NO4/c1-27-21-14-11-17(15-22(21)28-2)8-7-16-9-12-18(13-10-16)24-20-6-4-3-5-19(20)23(25)26/h3-6,9-15,24H,7-8H2,1-2H3,(H,25,26). The zero-order chi connectivity index (χ0) is 19.9. The molecule has 0 saturated heterocycles. The molecular formula is C23H23NO4. The summed E-state index contributed by atoms with van der Waals surface area (Å²) in [6, 6.07) is 20.8. The lowest BCUT2D eigenvalue weighted by molar-refractivity contribution is 0.0698. The van der Waals surface area contributed by atoms with Crippen LogP contribution in [-0.4, -0.2) is 25.3 Å². The largest absolute Gasteiger partial charge is 0.493 e. The van der Waals surface area contributed by atoms with Crippen molar-refractivity contribution in [2.24, 2.45) is 0 Å². The molecule has 0 aromatic heterocycles. The van der Waals surface area contributed by atoms with Gasteiger partial charge in [0.25, 0.3) is 0 Å². The van der Waals surface area contributed by atoms with Crippen molar-refractivity contribution in [2.45, 2.75) is 12.8 Å². The summed E-state index contributed by atoms with van der Waals surface area (Å²) in [5.41, 5.74) is 4.05. The highest BCUT2D eigenvalue weighted by atomic mass is 16.5. The number of anilines is 2. The minimum atomic E-state index is -0.949. The van der Waals surface area contributed by atoms with Crippen LogP contribution in [0, 0.1) is 0 Å². The lowest BCUT2D eigenvalue weighted by Crippen LogP contribution is -2.02. The van der Waals surface area contributed by atoms with Gasteiger partial charge in [0.05, 0.1) is 25.5 Å². The summed E-state index contributed by atoms with van der Waals surface area (Å²) in [7, 11) is 3.26. The van der Waals surface area contributed by atoms with Crippen molar-refractivity contribution in [1.82, 2.24) is 0 Å². The van der Waals surface area contributed by atoms with E-state index in [0.29, 0.717) is 5.69 Å². The second kappa shape index (κ2) is 8.95. The third-order valence-electron chi connectivity index (χ3n) is 4.54. The molecule has 3 rings (SSSR count). The highest BCUT2D eigenvalue weighted by Crippen LogP contribution is 2.28. The number of methoxy groups -OCH3 is 2. The molecule has 5 heteroatoms. The number of para-hydroxylation sites is 1. The predicted molar refractivity (Wildman–Crippen MR) is 110 cm³/mol. The van der Waals surface area contributed by atoms with E-state index in [0.717, 1.165) is 30.0 Å². The number of ether oxygens (including phenoxy) is 2. The summed E-state index contributed by atoms with van der Waals surface area (Å²) < 4.78 is 10.6. The fourth-order valence-corrected chi connectivity index (χ4v) is 3.01. The van der Waals surface area contributed by atoms with E-state index in [1.165, 1.54) is 11.1 Å². The molecule has 0 spiro atoms. The molecule has 0 amide bonds. The molecule has 0 heterocycles. The van der Waals surface area contributed by atoms with Gasteiger partial charge in [-0.25, -0.2) is 4.79 Å². The topological polar surface area (TPSA) is 67.8 Å². The molecule has 5 nitrogen and oxygen atoms in total. The number of carboxylic acids is 1. The van der Waals surface area contributed by atoms with Crippen LogP contribution in [-0.2, 0) is 12.8 Å². The van der Waals surface area contributed by atoms with Crippen LogP contribution in [0.1, 0.15) is 21.5 Å². The first kappa shape index (κ1) is 19.3. The van der Waals surface area contributed by atoms with E-state index in [-0.39, 0.29) is 5.56 Å². The Morgan fingerprint density at radius 3 is 2.18 bits per heavy atom. The van der Waals surface area contributed by atoms with Gasteiger partial charge in [-0.3, -0.25) is 0 Å². The second-order valence-electron chi connectivity index (χ2n) is 6.36. The molecule has 2 N–H and O–H groups in total. The van der Waals surface area contributed by atoms with Crippen LogP contribution < -0.4 is 14.8 Å². The smallest absolute Gasteiger partial charge is 0.337 e. The van der Waals surface area contributed by atoms with Crippen LogP contribution in [0.3, 0.4) is 0 Å². The van der Waals surface area contributed by atoms with Gasteiger partial charge < -0.3 is 19.9 Å². The number of carbonyl (C=O) groups is 1. The maximum atomic E-state index is 11.3. The van der Waals surface area contributed by atoms with E-state index < -0.39 is 5.97 Å². The summed E-state index contributed by atoms with van der Waals surface area (Å²) in [5.74, 6) is 0.509. The molecule has 0 aliphatic rings. The fourth-order valence-electron chi connectivity index (χ4n) is 3.01. The molecule has 144 valence electrons. The Hall–Kier alpha value is -3.47. The maximum absolute atomic E-state index is 11.3. The number of hydrogen-bond donors (Lipinski definition) is 2. The first-order valence-electron chi connectivity index (χ1n) is 9.00. The number of carboxylic acid groups (broad SMARTS) is 1. The van der Waals surface area contributed by atoms with Crippen molar-refractivity contribution in [1.29, 1.82) is 0 Å². The number of aryl methyl sites for hydroxylation is 2. The number of hydrogen-bond acceptors (Lipinski definition) is 4. The third-order valence-corrected chi connectivity index (χ3v) is 4.54. The molecule has 0 aliphatic carbocycles. The Labute approximate surface area is 164 Å². The quantitative estimate of drug-likeness (QED) is 0.582. The van der Waals surface area contributed by atoms with Gasteiger partial charge in [0.15, 0.2) is 11.5 Å². The van der Waals surface area contributed by atoms with Crippen molar-refractivity contribution in [3.05, 3.63) is 83.4 Å². The summed E-state index contributed by atoms with van der Waals surface area (Å²) in [6.45, 7) is 0. The number of aromatic carboxylic acids is 1. The SMILES string of the molecule is COc1ccc(CCc2ccc(Nc3ccccc3C(=O)O)cc2)cc1OC. The Morgan fingerprint density at radius 1 is 0.857 bits per heavy atom. The molecular weight excluding hydrogens is 354 g/mol. The molecule has 3 aromatic rings. The summed E-state index contributed by atoms with van der Waals surface area (Å²) in [5, 5.41) is 12.5. The van der Waals surface area contributed by atoms with Crippen molar-refractivity contribution in [3.8, 4) is 11.5 Å². The average Bonchev–Trinajstić information content (AvgIpc) is 2.73. The molecule has 0 saturated carbocycles. The Balaban J connectivity index is 1.65. The van der Waals surface area contributed by atoms with Crippen LogP contribution in [0.4, 0.5) is 11.4 Å². The lowest BCUT2D eigenvalue weighted by Gasteiger charge is -2.11. The first-order chi connectivity index (χ1) is 13.6. The predicted octanol–water partition coefficient (Wildman–Crippen LogP) is 4.93. The van der Waals surface area contributed by atoms with Crippen molar-refractivity contribution in [2.75, 3.05) is 19.5 Å². The molecule has 0 aliphatic heterocycles. The summed E-state index contributed by atoms with van der Waals surface area (Å²) in [4.78, 5) is 11.3. The highest BCUT2D eigenvalue weighted by molar-refractivity contribution is 5.95. The molecule has 3 aromatic carbocycles. The van der Waals surface area contributed by atoms with Crippen LogP contribution in [0.2, 0.25) is 0 Å². The third kappa shape index (κ3) is 4.62. The van der Waals surface area contributed by atoms with Crippen molar-refractivity contribution >= 4 is 17.3 Å². The fraction of sp³-hybridized carbons (Fsp3) is 0.174. The highest BCUT2D eigenvalue weighted by Gasteiger charge is 2.09. The van der Waals surface area contributed by atoms with E-state index >= 15 is 0 Å². The number of benzene rings is 3. The monoisotopic (exact) mass is 377 g/mol. The van der Waals surface area contributed by atoms with Gasteiger partial charge in [-0.1, -0.05) is 30.3 Å². The molecule has 28 heavy (non-hydrogen) atoms. The van der Waals surface area contributed by atoms with Crippen LogP contribution in [0.5, 0.6) is 11.5 Å². The van der Waals surface area contributed by atoms with Gasteiger partial charge in [-0.05, 0) is 60.4 Å². The van der Waals surface area contributed by atoms with Gasteiger partial charge in [0.2, 0.25) is 0 Å². The minimum absolute atomic E-state index is 0.250. The van der Waals surface area contributed by atoms with Gasteiger partial charge in [-0.2, -0.15) is 0 Å². The van der Waals surface area contributed by atoms with Gasteiger partial charge in [0, 0.05) is 5.69 Å². The van der Waals surface area contributed by atoms with E-state index in [1.54, 1.807) is 32.4 Å². The van der Waals surface area contributed by atoms with Crippen LogP contribution in [0.25, 0.3) is 0 Å². The second-order valence-corrected chi connectivity index (χ2v) is 6.36. The van der Waals surface area contributed by atoms with Gasteiger partial charge in [0.1, 0.15) is 0 Å². The number of rotatable bonds is 8. The Kier molecular flexibility index (Phi) is 6.17. The zero-order valence-electron chi connectivity index (χ0n) is 15.9. The Bertz CT molecular complexity index is 951. The molecule has 0 radical (unpaired) electrons. The Morgan fingerprint density at radius 2 is 1.50 bits per heavy atom. The molecule has 0 unspecified atom stereocenters. The molecule has 0 bridgehead atoms. The minimum Gasteiger partial charge on any atom is -0.493 e. The summed E-state index contributed by atoms with van der Waals surface area (Å²) >= 11 is 0. The average molecular weight is 377 g/mol. The van der Waals surface area contributed by atoms with Crippen molar-refractivity contribution in [3.63, 3.8) is 0 Å². The van der Waals surface area contributed by atoms with Crippen LogP contribution in [0.15, 0.2) is 66.7 Å². The number of nitrogens with one attached hydrogen (secondary N) is 1. The van der Waals surface area contributed by atoms with E-state index in [9.17, 15) is 9.90 Å². The van der Waals surface area contributed by atoms with E-state index in [2.05, 4.69) is 5.32 Å². The van der Waals surface area contributed by atoms with Crippen LogP contribution >= 0.6 is 0 Å². The maximum Gasteiger partial charge on any atom is 0.337 e. The summed E-state index contributed by atoms with van der Waals surface area (Å²) in [6.07, 6.45) is 1.77. The van der Waals surface area contributed by atoms with E-state index in [4.69, 9.17) is 9.47 Å². The first-order valence-corrected chi connectivity index (χ1v) is 9.00. The zero-order valence-corrected chi connectivity index (χ0v) is 15.9. The van der Waals surface area contributed by atoms with Gasteiger partial charge in [-0.15, -0.1) is 0 Å². The normalized spacial score (nSPS) is 10.4. The van der Waals surface area contributed by atoms with Crippen molar-refractivity contribution < 1.29 is 19.4 Å². The van der Waals surface area contributed by atoms with E-state index in [1.807, 2.05) is 48.5 Å².